The van der Waals surface area contributed by atoms with Crippen LogP contribution in [-0.2, 0) is 4.79 Å². The smallest absolute Gasteiger partial charge is 0.248 e. The molecule has 1 heterocycles. The van der Waals surface area contributed by atoms with Gasteiger partial charge in [0.15, 0.2) is 11.6 Å². The molecule has 0 saturated heterocycles. The average molecular weight is 398 g/mol. The van der Waals surface area contributed by atoms with Crippen molar-refractivity contribution in [1.29, 1.82) is 0 Å². The van der Waals surface area contributed by atoms with Gasteiger partial charge in [-0.3, -0.25) is 19.2 Å². The molecule has 0 aromatic heterocycles. The molecule has 0 fully saturated rings. The molecule has 1 unspecified atom stereocenters. The van der Waals surface area contributed by atoms with Crippen molar-refractivity contribution >= 4 is 23.3 Å². The van der Waals surface area contributed by atoms with Crippen molar-refractivity contribution in [2.45, 2.75) is 25.2 Å². The van der Waals surface area contributed by atoms with E-state index in [1.165, 1.54) is 0 Å². The summed E-state index contributed by atoms with van der Waals surface area (Å²) in [5.74, 6) is -1.75. The molecule has 5 rings (SSSR count). The Balaban J connectivity index is 1.73. The molecule has 6 heteroatoms. The second-order valence-corrected chi connectivity index (χ2v) is 7.71. The van der Waals surface area contributed by atoms with Crippen LogP contribution in [0.3, 0.4) is 0 Å². The number of Topliss-reactive ketones (excluding diaryl/α,β-unsaturated/α-hetero) is 3. The molecule has 3 N–H and O–H groups in total. The summed E-state index contributed by atoms with van der Waals surface area (Å²) in [5, 5.41) is 3.13. The number of hydrogen-bond donors (Lipinski definition) is 2. The van der Waals surface area contributed by atoms with Gasteiger partial charge in [0.1, 0.15) is 0 Å². The van der Waals surface area contributed by atoms with Crippen LogP contribution in [0.4, 0.5) is 0 Å². The Labute approximate surface area is 172 Å². The molecule has 2 aliphatic carbocycles. The number of benzene rings is 2. The summed E-state index contributed by atoms with van der Waals surface area (Å²) in [6, 6.07) is 13.3. The largest absolute Gasteiger partial charge is 0.366 e. The lowest BCUT2D eigenvalue weighted by molar-refractivity contribution is -0.116. The minimum absolute atomic E-state index is 0.0293. The first kappa shape index (κ1) is 18.2. The number of carbonyl (C=O) groups is 4. The van der Waals surface area contributed by atoms with Crippen LogP contribution in [0, 0.1) is 0 Å². The second-order valence-electron chi connectivity index (χ2n) is 7.71. The van der Waals surface area contributed by atoms with Crippen LogP contribution >= 0.6 is 0 Å². The normalized spacial score (nSPS) is 20.4. The van der Waals surface area contributed by atoms with Crippen molar-refractivity contribution in [3.63, 3.8) is 0 Å². The van der Waals surface area contributed by atoms with Crippen LogP contribution in [0.25, 0.3) is 0 Å². The van der Waals surface area contributed by atoms with Crippen LogP contribution in [0.15, 0.2) is 71.1 Å². The van der Waals surface area contributed by atoms with Gasteiger partial charge in [-0.1, -0.05) is 36.4 Å². The predicted molar refractivity (Wildman–Crippen MR) is 109 cm³/mol. The van der Waals surface area contributed by atoms with E-state index in [0.717, 1.165) is 0 Å². The van der Waals surface area contributed by atoms with Crippen molar-refractivity contribution in [3.8, 4) is 0 Å². The molecule has 2 aromatic carbocycles. The number of allylic oxidation sites excluding steroid dienone is 4. The highest BCUT2D eigenvalue weighted by atomic mass is 16.1. The van der Waals surface area contributed by atoms with Gasteiger partial charge in [-0.15, -0.1) is 0 Å². The first-order chi connectivity index (χ1) is 14.5. The van der Waals surface area contributed by atoms with Crippen LogP contribution in [-0.4, -0.2) is 23.3 Å². The number of nitrogens with one attached hydrogen (secondary N) is 1. The zero-order valence-corrected chi connectivity index (χ0v) is 16.0. The van der Waals surface area contributed by atoms with Crippen LogP contribution in [0.2, 0.25) is 0 Å². The number of rotatable bonds is 2. The number of fused-ring (bicyclic) bond motifs is 1. The van der Waals surface area contributed by atoms with Gasteiger partial charge in [0.05, 0.1) is 5.70 Å². The summed E-state index contributed by atoms with van der Waals surface area (Å²) in [7, 11) is 0. The van der Waals surface area contributed by atoms with Gasteiger partial charge < -0.3 is 11.1 Å². The van der Waals surface area contributed by atoms with E-state index in [1.54, 1.807) is 48.5 Å². The quantitative estimate of drug-likeness (QED) is 0.809. The Morgan fingerprint density at radius 1 is 0.867 bits per heavy atom. The maximum atomic E-state index is 13.5. The summed E-state index contributed by atoms with van der Waals surface area (Å²) >= 11 is 0. The first-order valence-electron chi connectivity index (χ1n) is 9.83. The molecular formula is C24H18N2O4. The van der Waals surface area contributed by atoms with Gasteiger partial charge in [0.25, 0.3) is 0 Å². The zero-order valence-electron chi connectivity index (χ0n) is 16.0. The third-order valence-electron chi connectivity index (χ3n) is 6.00. The van der Waals surface area contributed by atoms with E-state index < -0.39 is 11.8 Å². The zero-order chi connectivity index (χ0) is 21.0. The van der Waals surface area contributed by atoms with Gasteiger partial charge in [-0.05, 0) is 30.5 Å². The summed E-state index contributed by atoms with van der Waals surface area (Å²) in [6.07, 6.45) is 1.73. The highest BCUT2D eigenvalue weighted by Crippen LogP contribution is 2.45. The summed E-state index contributed by atoms with van der Waals surface area (Å²) in [6.45, 7) is 0. The van der Waals surface area contributed by atoms with Gasteiger partial charge >= 0.3 is 0 Å². The summed E-state index contributed by atoms with van der Waals surface area (Å²) in [5.41, 5.74) is 8.84. The summed E-state index contributed by atoms with van der Waals surface area (Å²) in [4.78, 5) is 51.1. The van der Waals surface area contributed by atoms with Gasteiger partial charge in [-0.25, -0.2) is 0 Å². The van der Waals surface area contributed by atoms with Gasteiger partial charge in [-0.2, -0.15) is 0 Å². The number of amides is 1. The Hall–Kier alpha value is -3.80. The maximum Gasteiger partial charge on any atom is 0.248 e. The second kappa shape index (κ2) is 6.62. The fraction of sp³-hybridized carbons (Fsp3) is 0.167. The number of dihydropyridines is 1. The Morgan fingerprint density at radius 2 is 1.53 bits per heavy atom. The standard InChI is InChI=1S/C24H18N2O4/c25-24(30)13-10-8-12(9-11-13)18-19-16(6-3-7-17(19)27)26-21-20(18)22(28)14-4-1-2-5-15(14)23(21)29/h1-2,4-5,8-11,18,26H,3,6-7H2,(H2,25,30). The number of primary amides is 1. The molecule has 0 saturated carbocycles. The van der Waals surface area contributed by atoms with Crippen molar-refractivity contribution in [2.75, 3.05) is 0 Å². The Morgan fingerprint density at radius 3 is 2.20 bits per heavy atom. The van der Waals surface area contributed by atoms with E-state index in [1.807, 2.05) is 0 Å². The maximum absolute atomic E-state index is 13.5. The summed E-state index contributed by atoms with van der Waals surface area (Å²) < 4.78 is 0. The van der Waals surface area contributed by atoms with Crippen LogP contribution in [0.1, 0.15) is 61.8 Å². The van der Waals surface area contributed by atoms with E-state index in [-0.39, 0.29) is 23.0 Å². The molecule has 1 amide bonds. The molecule has 30 heavy (non-hydrogen) atoms. The molecule has 0 bridgehead atoms. The van der Waals surface area contributed by atoms with Crippen LogP contribution < -0.4 is 11.1 Å². The highest BCUT2D eigenvalue weighted by molar-refractivity contribution is 6.28. The molecule has 2 aromatic rings. The van der Waals surface area contributed by atoms with E-state index in [9.17, 15) is 19.2 Å². The number of ketones is 3. The minimum Gasteiger partial charge on any atom is -0.366 e. The fourth-order valence-electron chi connectivity index (χ4n) is 4.59. The molecule has 148 valence electrons. The van der Waals surface area contributed by atoms with Crippen molar-refractivity contribution in [1.82, 2.24) is 5.32 Å². The number of carbonyl (C=O) groups excluding carboxylic acids is 4. The molecule has 1 atom stereocenters. The lowest BCUT2D eigenvalue weighted by atomic mass is 9.70. The Kier molecular flexibility index (Phi) is 4.03. The van der Waals surface area contributed by atoms with Crippen molar-refractivity contribution in [2.24, 2.45) is 5.73 Å². The predicted octanol–water partition coefficient (Wildman–Crippen LogP) is 2.81. The minimum atomic E-state index is -0.657. The SMILES string of the molecule is NC(=O)c1ccc(C2C3=C(CCCC3=O)NC3=C2C(=O)c2ccccc2C3=O)cc1. The molecule has 1 aliphatic heterocycles. The monoisotopic (exact) mass is 398 g/mol. The molecular weight excluding hydrogens is 380 g/mol. The first-order valence-corrected chi connectivity index (χ1v) is 9.83. The van der Waals surface area contributed by atoms with Crippen molar-refractivity contribution in [3.05, 3.63) is 93.3 Å². The van der Waals surface area contributed by atoms with Crippen molar-refractivity contribution < 1.29 is 19.2 Å². The number of nitrogens with two attached hydrogens (primary N) is 1. The third-order valence-corrected chi connectivity index (χ3v) is 6.00. The van der Waals surface area contributed by atoms with Gasteiger partial charge in [0.2, 0.25) is 11.7 Å². The molecule has 0 spiro atoms. The van der Waals surface area contributed by atoms with E-state index >= 15 is 0 Å². The molecule has 0 radical (unpaired) electrons. The number of hydrogen-bond acceptors (Lipinski definition) is 5. The average Bonchev–Trinajstić information content (AvgIpc) is 2.76. The fourth-order valence-corrected chi connectivity index (χ4v) is 4.59. The van der Waals surface area contributed by atoms with Gasteiger partial charge in [0, 0.05) is 45.9 Å². The van der Waals surface area contributed by atoms with Crippen LogP contribution in [0.5, 0.6) is 0 Å². The lowest BCUT2D eigenvalue weighted by Crippen LogP contribution is -2.40. The third kappa shape index (κ3) is 2.57. The molecule has 6 nitrogen and oxygen atoms in total. The van der Waals surface area contributed by atoms with E-state index in [4.69, 9.17) is 5.73 Å². The van der Waals surface area contributed by atoms with E-state index in [2.05, 4.69) is 5.32 Å². The lowest BCUT2D eigenvalue weighted by Gasteiger charge is -2.36. The van der Waals surface area contributed by atoms with E-state index in [0.29, 0.717) is 58.4 Å². The molecule has 3 aliphatic rings. The highest BCUT2D eigenvalue weighted by Gasteiger charge is 2.44. The topological polar surface area (TPSA) is 106 Å². The Bertz CT molecular complexity index is 1220.